The van der Waals surface area contributed by atoms with Gasteiger partial charge in [0, 0.05) is 0 Å². The summed E-state index contributed by atoms with van der Waals surface area (Å²) in [5, 5.41) is 17.6. The number of aryl methyl sites for hydroxylation is 3. The van der Waals surface area contributed by atoms with Crippen LogP contribution < -0.4 is 0 Å². The number of aromatic nitrogens is 4. The van der Waals surface area contributed by atoms with E-state index in [0.717, 1.165) is 25.0 Å². The van der Waals surface area contributed by atoms with Crippen molar-refractivity contribution in [2.24, 2.45) is 5.10 Å². The standard InChI is InChI=1S/C13H15N6/c1-8-6-10-4-3-5-12(11(10)7-9(8)2)14-15-13-16-18-19-17-13/h6-7H,3-5H2,1-2H3,(H-,15,16,17,18,19)/q-1/b14-12-. The predicted molar refractivity (Wildman–Crippen MR) is 72.6 cm³/mol. The molecule has 0 amide bonds. The van der Waals surface area contributed by atoms with Crippen molar-refractivity contribution in [1.29, 1.82) is 0 Å². The zero-order chi connectivity index (χ0) is 13.2. The molecule has 0 atom stereocenters. The SMILES string of the molecule is Cc1cc2c(cc1C)/C(=N\[N-]c1nn[nH]n1)CCC2. The Morgan fingerprint density at radius 1 is 1.21 bits per heavy atom. The van der Waals surface area contributed by atoms with Crippen LogP contribution in [0.2, 0.25) is 0 Å². The number of hydrogen-bond donors (Lipinski definition) is 1. The summed E-state index contributed by atoms with van der Waals surface area (Å²) in [5.41, 5.74) is 10.2. The summed E-state index contributed by atoms with van der Waals surface area (Å²) in [6.07, 6.45) is 3.16. The van der Waals surface area contributed by atoms with Gasteiger partial charge in [0.15, 0.2) is 0 Å². The van der Waals surface area contributed by atoms with E-state index in [9.17, 15) is 0 Å². The number of nitrogens with zero attached hydrogens (tertiary/aromatic N) is 5. The molecule has 6 heteroatoms. The Kier molecular flexibility index (Phi) is 2.98. The minimum absolute atomic E-state index is 0.267. The lowest BCUT2D eigenvalue weighted by Gasteiger charge is -2.20. The van der Waals surface area contributed by atoms with Gasteiger partial charge in [-0.2, -0.15) is 0 Å². The van der Waals surface area contributed by atoms with E-state index < -0.39 is 0 Å². The van der Waals surface area contributed by atoms with E-state index in [1.54, 1.807) is 0 Å². The highest BCUT2D eigenvalue weighted by molar-refractivity contribution is 6.03. The Morgan fingerprint density at radius 2 is 2.05 bits per heavy atom. The number of hydrogen-bond acceptors (Lipinski definition) is 4. The van der Waals surface area contributed by atoms with Gasteiger partial charge in [-0.25, -0.2) is 5.10 Å². The van der Waals surface area contributed by atoms with Crippen molar-refractivity contribution in [3.05, 3.63) is 39.8 Å². The molecule has 6 nitrogen and oxygen atoms in total. The molecule has 0 saturated carbocycles. The lowest BCUT2D eigenvalue weighted by atomic mass is 9.87. The van der Waals surface area contributed by atoms with Crippen LogP contribution >= 0.6 is 0 Å². The van der Waals surface area contributed by atoms with Gasteiger partial charge in [-0.1, -0.05) is 6.07 Å². The fourth-order valence-electron chi connectivity index (χ4n) is 2.34. The molecular formula is C13H15N6-. The van der Waals surface area contributed by atoms with Crippen LogP contribution in [0.4, 0.5) is 5.95 Å². The van der Waals surface area contributed by atoms with Gasteiger partial charge < -0.3 is 0 Å². The molecule has 0 aliphatic heterocycles. The largest absolute Gasteiger partial charge is 0.277 e. The normalized spacial score (nSPS) is 16.4. The second-order valence-electron chi connectivity index (χ2n) is 4.81. The first-order valence-electron chi connectivity index (χ1n) is 6.35. The maximum absolute atomic E-state index is 4.29. The summed E-state index contributed by atoms with van der Waals surface area (Å²) in [6, 6.07) is 4.46. The Morgan fingerprint density at radius 3 is 2.84 bits per heavy atom. The van der Waals surface area contributed by atoms with E-state index in [-0.39, 0.29) is 5.95 Å². The topological polar surface area (TPSA) is 80.9 Å². The maximum atomic E-state index is 4.29. The number of H-pyrrole nitrogens is 1. The number of nitrogens with one attached hydrogen (secondary N) is 1. The van der Waals surface area contributed by atoms with Crippen molar-refractivity contribution < 1.29 is 0 Å². The van der Waals surface area contributed by atoms with Gasteiger partial charge in [0.25, 0.3) is 0 Å². The molecule has 0 saturated heterocycles. The van der Waals surface area contributed by atoms with Gasteiger partial charge in [0.05, 0.1) is 11.7 Å². The molecule has 2 aromatic rings. The molecule has 0 radical (unpaired) electrons. The quantitative estimate of drug-likeness (QED) is 0.837. The van der Waals surface area contributed by atoms with E-state index >= 15 is 0 Å². The maximum Gasteiger partial charge on any atom is 0.0830 e. The highest BCUT2D eigenvalue weighted by Gasteiger charge is 2.16. The fraction of sp³-hybridized carbons (Fsp3) is 0.385. The molecule has 0 fully saturated rings. The molecule has 1 aromatic heterocycles. The van der Waals surface area contributed by atoms with Crippen LogP contribution in [0.3, 0.4) is 0 Å². The van der Waals surface area contributed by atoms with Gasteiger partial charge in [-0.05, 0) is 61.4 Å². The summed E-state index contributed by atoms with van der Waals surface area (Å²) in [6.45, 7) is 4.27. The first kappa shape index (κ1) is 11.8. The first-order chi connectivity index (χ1) is 9.24. The monoisotopic (exact) mass is 255 g/mol. The van der Waals surface area contributed by atoms with Crippen LogP contribution in [0.15, 0.2) is 17.2 Å². The van der Waals surface area contributed by atoms with E-state index in [1.165, 1.54) is 22.3 Å². The van der Waals surface area contributed by atoms with Crippen LogP contribution in [0.5, 0.6) is 0 Å². The first-order valence-corrected chi connectivity index (χ1v) is 6.35. The lowest BCUT2D eigenvalue weighted by Crippen LogP contribution is -2.12. The lowest BCUT2D eigenvalue weighted by molar-refractivity contribution is 0.835. The van der Waals surface area contributed by atoms with Crippen molar-refractivity contribution in [3.8, 4) is 0 Å². The van der Waals surface area contributed by atoms with Crippen LogP contribution in [0, 0.1) is 13.8 Å². The van der Waals surface area contributed by atoms with Gasteiger partial charge >= 0.3 is 0 Å². The minimum Gasteiger partial charge on any atom is -0.277 e. The molecule has 1 heterocycles. The van der Waals surface area contributed by atoms with E-state index in [1.807, 2.05) is 0 Å². The van der Waals surface area contributed by atoms with Crippen LogP contribution in [-0.4, -0.2) is 26.3 Å². The minimum atomic E-state index is 0.267. The van der Waals surface area contributed by atoms with Crippen LogP contribution in [0.1, 0.15) is 35.1 Å². The molecule has 19 heavy (non-hydrogen) atoms. The molecule has 1 aliphatic carbocycles. The van der Waals surface area contributed by atoms with Crippen molar-refractivity contribution in [2.75, 3.05) is 0 Å². The fourth-order valence-corrected chi connectivity index (χ4v) is 2.34. The third-order valence-electron chi connectivity index (χ3n) is 3.48. The molecule has 3 rings (SSSR count). The highest BCUT2D eigenvalue weighted by Crippen LogP contribution is 2.26. The number of tetrazole rings is 1. The summed E-state index contributed by atoms with van der Waals surface area (Å²) >= 11 is 0. The van der Waals surface area contributed by atoms with E-state index in [0.29, 0.717) is 0 Å². The average Bonchev–Trinajstić information content (AvgIpc) is 2.91. The molecular weight excluding hydrogens is 240 g/mol. The Bertz CT molecular complexity index is 614. The second-order valence-corrected chi connectivity index (χ2v) is 4.81. The summed E-state index contributed by atoms with van der Waals surface area (Å²) in [7, 11) is 0. The van der Waals surface area contributed by atoms with Crippen LogP contribution in [-0.2, 0) is 6.42 Å². The van der Waals surface area contributed by atoms with Gasteiger partial charge in [0.1, 0.15) is 0 Å². The number of fused-ring (bicyclic) bond motifs is 1. The third kappa shape index (κ3) is 2.33. The Balaban J connectivity index is 1.93. The van der Waals surface area contributed by atoms with E-state index in [2.05, 4.69) is 57.1 Å². The van der Waals surface area contributed by atoms with Crippen molar-refractivity contribution in [1.82, 2.24) is 20.6 Å². The van der Waals surface area contributed by atoms with E-state index in [4.69, 9.17) is 0 Å². The van der Waals surface area contributed by atoms with Crippen molar-refractivity contribution >= 4 is 11.7 Å². The van der Waals surface area contributed by atoms with Crippen molar-refractivity contribution in [2.45, 2.75) is 33.1 Å². The average molecular weight is 255 g/mol. The zero-order valence-electron chi connectivity index (χ0n) is 11.0. The molecule has 0 spiro atoms. The second kappa shape index (κ2) is 4.79. The third-order valence-corrected chi connectivity index (χ3v) is 3.48. The van der Waals surface area contributed by atoms with Crippen molar-refractivity contribution in [3.63, 3.8) is 0 Å². The van der Waals surface area contributed by atoms with Crippen LogP contribution in [0.25, 0.3) is 5.43 Å². The summed E-state index contributed by atoms with van der Waals surface area (Å²) in [4.78, 5) is 0. The van der Waals surface area contributed by atoms with Gasteiger partial charge in [-0.3, -0.25) is 20.8 Å². The predicted octanol–water partition coefficient (Wildman–Crippen LogP) is 2.56. The zero-order valence-corrected chi connectivity index (χ0v) is 11.0. The number of rotatable bonds is 2. The molecule has 1 N–H and O–H groups in total. The molecule has 98 valence electrons. The highest BCUT2D eigenvalue weighted by atomic mass is 15.5. The summed E-state index contributed by atoms with van der Waals surface area (Å²) < 4.78 is 0. The Labute approximate surface area is 111 Å². The number of aromatic amines is 1. The molecule has 0 bridgehead atoms. The van der Waals surface area contributed by atoms with Gasteiger partial charge in [-0.15, -0.1) is 5.21 Å². The van der Waals surface area contributed by atoms with Gasteiger partial charge in [0.2, 0.25) is 0 Å². The molecule has 1 aromatic carbocycles. The summed E-state index contributed by atoms with van der Waals surface area (Å²) in [5.74, 6) is 0.267. The molecule has 1 aliphatic rings. The smallest absolute Gasteiger partial charge is 0.0830 e. The molecule has 0 unspecified atom stereocenters. The Hall–Kier alpha value is -2.24. The number of benzene rings is 1.